The third kappa shape index (κ3) is 2.10. The van der Waals surface area contributed by atoms with E-state index in [1.165, 1.54) is 22.9 Å². The minimum absolute atomic E-state index is 0.163. The number of aliphatic hydroxyl groups excluding tert-OH is 1. The van der Waals surface area contributed by atoms with E-state index >= 15 is 0 Å². The van der Waals surface area contributed by atoms with Crippen molar-refractivity contribution in [3.05, 3.63) is 45.2 Å². The minimum atomic E-state index is -1.29. The highest BCUT2D eigenvalue weighted by atomic mass is 35.5. The predicted octanol–water partition coefficient (Wildman–Crippen LogP) is 1.35. The number of aromatic nitrogens is 1. The topological polar surface area (TPSA) is 79.5 Å². The van der Waals surface area contributed by atoms with E-state index in [1.54, 1.807) is 6.07 Å². The lowest BCUT2D eigenvalue weighted by Gasteiger charge is -2.11. The van der Waals surface area contributed by atoms with Crippen LogP contribution < -0.4 is 5.43 Å². The van der Waals surface area contributed by atoms with Crippen molar-refractivity contribution in [1.82, 2.24) is 4.57 Å². The van der Waals surface area contributed by atoms with Gasteiger partial charge in [0.2, 0.25) is 5.43 Å². The summed E-state index contributed by atoms with van der Waals surface area (Å²) in [5, 5.41) is 18.7. The van der Waals surface area contributed by atoms with Gasteiger partial charge in [-0.25, -0.2) is 4.79 Å². The number of aliphatic hydroxyl groups is 1. The van der Waals surface area contributed by atoms with Crippen molar-refractivity contribution in [3.8, 4) is 0 Å². The van der Waals surface area contributed by atoms with Crippen molar-refractivity contribution in [2.24, 2.45) is 0 Å². The Morgan fingerprint density at radius 2 is 2.11 bits per heavy atom. The van der Waals surface area contributed by atoms with E-state index in [2.05, 4.69) is 0 Å². The molecule has 94 valence electrons. The lowest BCUT2D eigenvalue weighted by atomic mass is 10.1. The maximum atomic E-state index is 11.9. The van der Waals surface area contributed by atoms with Gasteiger partial charge in [-0.15, -0.1) is 0 Å². The maximum absolute atomic E-state index is 11.9. The Labute approximate surface area is 107 Å². The van der Waals surface area contributed by atoms with Crippen LogP contribution in [-0.2, 0) is 6.54 Å². The third-order valence-electron chi connectivity index (χ3n) is 2.61. The summed E-state index contributed by atoms with van der Waals surface area (Å²) in [5.74, 6) is -1.29. The van der Waals surface area contributed by atoms with Crippen LogP contribution in [0, 0.1) is 0 Å². The molecule has 18 heavy (non-hydrogen) atoms. The van der Waals surface area contributed by atoms with Crippen molar-refractivity contribution in [1.29, 1.82) is 0 Å². The summed E-state index contributed by atoms with van der Waals surface area (Å²) in [4.78, 5) is 22.9. The Morgan fingerprint density at radius 3 is 2.72 bits per heavy atom. The van der Waals surface area contributed by atoms with Gasteiger partial charge >= 0.3 is 5.97 Å². The highest BCUT2D eigenvalue weighted by Crippen LogP contribution is 2.17. The molecule has 0 amide bonds. The fraction of sp³-hybridized carbons (Fsp3) is 0.167. The number of rotatable bonds is 3. The molecule has 0 saturated heterocycles. The van der Waals surface area contributed by atoms with Crippen molar-refractivity contribution >= 4 is 28.5 Å². The zero-order valence-electron chi connectivity index (χ0n) is 9.26. The van der Waals surface area contributed by atoms with Gasteiger partial charge in [-0.3, -0.25) is 4.79 Å². The first-order valence-electron chi connectivity index (χ1n) is 5.21. The van der Waals surface area contributed by atoms with Gasteiger partial charge in [0.25, 0.3) is 0 Å². The smallest absolute Gasteiger partial charge is 0.341 e. The van der Waals surface area contributed by atoms with Crippen LogP contribution in [0.4, 0.5) is 0 Å². The second kappa shape index (κ2) is 4.80. The molecule has 0 atom stereocenters. The lowest BCUT2D eigenvalue weighted by Crippen LogP contribution is -2.19. The number of carboxylic acids is 1. The number of aromatic carboxylic acids is 1. The normalized spacial score (nSPS) is 10.8. The fourth-order valence-corrected chi connectivity index (χ4v) is 1.97. The van der Waals surface area contributed by atoms with Crippen LogP contribution in [0.25, 0.3) is 10.9 Å². The summed E-state index contributed by atoms with van der Waals surface area (Å²) in [6.45, 7) is 0.0287. The maximum Gasteiger partial charge on any atom is 0.341 e. The van der Waals surface area contributed by atoms with Gasteiger partial charge in [-0.1, -0.05) is 11.6 Å². The van der Waals surface area contributed by atoms with Crippen LogP contribution in [0.5, 0.6) is 0 Å². The average molecular weight is 268 g/mol. The molecule has 1 aromatic heterocycles. The molecule has 0 saturated carbocycles. The van der Waals surface area contributed by atoms with E-state index in [4.69, 9.17) is 21.8 Å². The molecule has 0 aliphatic rings. The third-order valence-corrected chi connectivity index (χ3v) is 2.85. The standard InChI is InChI=1S/C12H10ClNO4/c13-7-1-2-8-10(5-7)14(3-4-15)6-9(11(8)16)12(17)18/h1-2,5-6,15H,3-4H2,(H,17,18). The Hall–Kier alpha value is -1.85. The summed E-state index contributed by atoms with van der Waals surface area (Å²) in [7, 11) is 0. The van der Waals surface area contributed by atoms with Crippen molar-refractivity contribution < 1.29 is 15.0 Å². The summed E-state index contributed by atoms with van der Waals surface area (Å²) < 4.78 is 1.51. The molecular formula is C12H10ClNO4. The van der Waals surface area contributed by atoms with Crippen LogP contribution >= 0.6 is 11.6 Å². The molecule has 1 aromatic carbocycles. The number of fused-ring (bicyclic) bond motifs is 1. The molecule has 0 aliphatic heterocycles. The van der Waals surface area contributed by atoms with Crippen LogP contribution in [0.3, 0.4) is 0 Å². The van der Waals surface area contributed by atoms with E-state index in [0.29, 0.717) is 10.5 Å². The second-order valence-electron chi connectivity index (χ2n) is 3.76. The molecule has 0 fully saturated rings. The Morgan fingerprint density at radius 1 is 1.39 bits per heavy atom. The zero-order valence-corrected chi connectivity index (χ0v) is 10.0. The lowest BCUT2D eigenvalue weighted by molar-refractivity contribution is 0.0694. The number of nitrogens with zero attached hydrogens (tertiary/aromatic N) is 1. The summed E-state index contributed by atoms with van der Waals surface area (Å²) >= 11 is 5.85. The minimum Gasteiger partial charge on any atom is -0.477 e. The average Bonchev–Trinajstić information content (AvgIpc) is 2.32. The molecule has 5 nitrogen and oxygen atoms in total. The highest BCUT2D eigenvalue weighted by molar-refractivity contribution is 6.31. The van der Waals surface area contributed by atoms with Gasteiger partial charge in [0.1, 0.15) is 5.56 Å². The first-order valence-corrected chi connectivity index (χ1v) is 5.59. The molecule has 0 aliphatic carbocycles. The number of pyridine rings is 1. The number of benzene rings is 1. The largest absolute Gasteiger partial charge is 0.477 e. The Balaban J connectivity index is 2.87. The molecule has 2 aromatic rings. The molecule has 0 spiro atoms. The van der Waals surface area contributed by atoms with Gasteiger partial charge in [-0.05, 0) is 18.2 Å². The van der Waals surface area contributed by atoms with E-state index in [-0.39, 0.29) is 24.1 Å². The van der Waals surface area contributed by atoms with Crippen LogP contribution in [-0.4, -0.2) is 27.4 Å². The van der Waals surface area contributed by atoms with Crippen molar-refractivity contribution in [2.75, 3.05) is 6.61 Å². The molecule has 0 radical (unpaired) electrons. The number of halogens is 1. The molecule has 0 bridgehead atoms. The van der Waals surface area contributed by atoms with Gasteiger partial charge in [0, 0.05) is 23.2 Å². The molecular weight excluding hydrogens is 258 g/mol. The van der Waals surface area contributed by atoms with Gasteiger partial charge < -0.3 is 14.8 Å². The monoisotopic (exact) mass is 267 g/mol. The van der Waals surface area contributed by atoms with Crippen molar-refractivity contribution in [3.63, 3.8) is 0 Å². The molecule has 1 heterocycles. The van der Waals surface area contributed by atoms with E-state index < -0.39 is 11.4 Å². The molecule has 0 unspecified atom stereocenters. The first-order chi connectivity index (χ1) is 8.54. The van der Waals surface area contributed by atoms with Gasteiger partial charge in [0.05, 0.1) is 12.1 Å². The summed E-state index contributed by atoms with van der Waals surface area (Å²) in [6, 6.07) is 4.58. The quantitative estimate of drug-likeness (QED) is 0.880. The molecule has 2 rings (SSSR count). The fourth-order valence-electron chi connectivity index (χ4n) is 1.81. The van der Waals surface area contributed by atoms with E-state index in [9.17, 15) is 9.59 Å². The SMILES string of the molecule is O=C(O)c1cn(CCO)c2cc(Cl)ccc2c1=O. The number of carbonyl (C=O) groups is 1. The Kier molecular flexibility index (Phi) is 3.36. The molecule has 6 heteroatoms. The van der Waals surface area contributed by atoms with Crippen LogP contribution in [0.1, 0.15) is 10.4 Å². The predicted molar refractivity (Wildman–Crippen MR) is 67.3 cm³/mol. The molecule has 2 N–H and O–H groups in total. The number of hydrogen-bond acceptors (Lipinski definition) is 3. The highest BCUT2D eigenvalue weighted by Gasteiger charge is 2.14. The first kappa shape index (κ1) is 12.6. The summed E-state index contributed by atoms with van der Waals surface area (Å²) in [6.07, 6.45) is 1.22. The van der Waals surface area contributed by atoms with Crippen LogP contribution in [0.15, 0.2) is 29.2 Å². The van der Waals surface area contributed by atoms with E-state index in [0.717, 1.165) is 0 Å². The zero-order chi connectivity index (χ0) is 13.3. The van der Waals surface area contributed by atoms with E-state index in [1.807, 2.05) is 0 Å². The van der Waals surface area contributed by atoms with Crippen molar-refractivity contribution in [2.45, 2.75) is 6.54 Å². The van der Waals surface area contributed by atoms with Crippen LogP contribution in [0.2, 0.25) is 5.02 Å². The second-order valence-corrected chi connectivity index (χ2v) is 4.19. The number of hydrogen-bond donors (Lipinski definition) is 2. The Bertz CT molecular complexity index is 678. The van der Waals surface area contributed by atoms with Gasteiger partial charge in [0.15, 0.2) is 0 Å². The number of carboxylic acid groups (broad SMARTS) is 1. The van der Waals surface area contributed by atoms with Gasteiger partial charge in [-0.2, -0.15) is 0 Å². The summed E-state index contributed by atoms with van der Waals surface area (Å²) in [5.41, 5.74) is -0.367.